The minimum Gasteiger partial charge on any atom is -0.289 e. The van der Waals surface area contributed by atoms with Crippen molar-refractivity contribution in [3.05, 3.63) is 114 Å². The van der Waals surface area contributed by atoms with Crippen LogP contribution in [0.5, 0.6) is 0 Å². The number of pyridine rings is 1. The van der Waals surface area contributed by atoms with Gasteiger partial charge in [-0.05, 0) is 42.3 Å². The summed E-state index contributed by atoms with van der Waals surface area (Å²) in [5, 5.41) is 4.76. The van der Waals surface area contributed by atoms with Gasteiger partial charge in [-0.3, -0.25) is 14.5 Å². The Hall–Kier alpha value is -3.79. The second-order valence-corrected chi connectivity index (χ2v) is 6.87. The van der Waals surface area contributed by atoms with Crippen molar-refractivity contribution < 1.29 is 4.79 Å². The molecule has 0 N–H and O–H groups in total. The Kier molecular flexibility index (Phi) is 5.43. The SMILES string of the molecule is Cc1ccccc1C(=O)/C=C/c1cn(Cc2ccccc2)nc1-c1cccnc1. The fourth-order valence-corrected chi connectivity index (χ4v) is 3.24. The van der Waals surface area contributed by atoms with Gasteiger partial charge >= 0.3 is 0 Å². The van der Waals surface area contributed by atoms with Gasteiger partial charge in [-0.1, -0.05) is 54.6 Å². The van der Waals surface area contributed by atoms with Gasteiger partial charge in [0.2, 0.25) is 0 Å². The maximum atomic E-state index is 12.7. The molecule has 4 aromatic rings. The Morgan fingerprint density at radius 2 is 1.79 bits per heavy atom. The van der Waals surface area contributed by atoms with Crippen molar-refractivity contribution >= 4 is 11.9 Å². The largest absolute Gasteiger partial charge is 0.289 e. The highest BCUT2D eigenvalue weighted by molar-refractivity contribution is 6.08. The van der Waals surface area contributed by atoms with E-state index in [1.807, 2.05) is 78.5 Å². The smallest absolute Gasteiger partial charge is 0.186 e. The summed E-state index contributed by atoms with van der Waals surface area (Å²) in [7, 11) is 0. The summed E-state index contributed by atoms with van der Waals surface area (Å²) in [4.78, 5) is 16.9. The van der Waals surface area contributed by atoms with Gasteiger partial charge < -0.3 is 0 Å². The Bertz CT molecular complexity index is 1150. The second kappa shape index (κ2) is 8.48. The third-order valence-corrected chi connectivity index (χ3v) is 4.74. The number of carbonyl (C=O) groups excluding carboxylic acids is 1. The number of aryl methyl sites for hydroxylation is 1. The van der Waals surface area contributed by atoms with E-state index in [2.05, 4.69) is 17.1 Å². The normalized spacial score (nSPS) is 11.1. The zero-order valence-corrected chi connectivity index (χ0v) is 16.2. The number of hydrogen-bond donors (Lipinski definition) is 0. The molecule has 2 aromatic carbocycles. The van der Waals surface area contributed by atoms with Gasteiger partial charge in [-0.25, -0.2) is 0 Å². The minimum atomic E-state index is -0.0175. The van der Waals surface area contributed by atoms with Crippen LogP contribution in [0.4, 0.5) is 0 Å². The maximum absolute atomic E-state index is 12.7. The van der Waals surface area contributed by atoms with Crippen LogP contribution in [-0.2, 0) is 6.54 Å². The molecule has 0 atom stereocenters. The minimum absolute atomic E-state index is 0.0175. The van der Waals surface area contributed by atoms with Gasteiger partial charge in [0.1, 0.15) is 5.69 Å². The third kappa shape index (κ3) is 4.38. The molecule has 0 radical (unpaired) electrons. The molecule has 0 aliphatic carbocycles. The van der Waals surface area contributed by atoms with Crippen LogP contribution in [-0.4, -0.2) is 20.5 Å². The molecule has 0 amide bonds. The van der Waals surface area contributed by atoms with Crippen molar-refractivity contribution in [3.63, 3.8) is 0 Å². The predicted molar refractivity (Wildman–Crippen MR) is 116 cm³/mol. The molecular weight excluding hydrogens is 358 g/mol. The first kappa shape index (κ1) is 18.6. The van der Waals surface area contributed by atoms with E-state index in [-0.39, 0.29) is 5.78 Å². The molecule has 0 saturated carbocycles. The summed E-state index contributed by atoms with van der Waals surface area (Å²) in [5.41, 5.74) is 5.46. The van der Waals surface area contributed by atoms with Crippen molar-refractivity contribution in [1.82, 2.24) is 14.8 Å². The summed E-state index contributed by atoms with van der Waals surface area (Å²) in [6.45, 7) is 2.60. The van der Waals surface area contributed by atoms with E-state index < -0.39 is 0 Å². The number of nitrogens with zero attached hydrogens (tertiary/aromatic N) is 3. The molecule has 4 nitrogen and oxygen atoms in total. The fourth-order valence-electron chi connectivity index (χ4n) is 3.24. The van der Waals surface area contributed by atoms with Gasteiger partial charge in [-0.15, -0.1) is 0 Å². The number of hydrogen-bond acceptors (Lipinski definition) is 3. The fraction of sp³-hybridized carbons (Fsp3) is 0.0800. The molecule has 142 valence electrons. The number of carbonyl (C=O) groups is 1. The molecule has 2 aromatic heterocycles. The summed E-state index contributed by atoms with van der Waals surface area (Å²) < 4.78 is 1.90. The van der Waals surface area contributed by atoms with Gasteiger partial charge in [0.15, 0.2) is 5.78 Å². The zero-order valence-electron chi connectivity index (χ0n) is 16.2. The van der Waals surface area contributed by atoms with Crippen LogP contribution < -0.4 is 0 Å². The molecule has 0 aliphatic heterocycles. The van der Waals surface area contributed by atoms with Crippen LogP contribution in [0.2, 0.25) is 0 Å². The van der Waals surface area contributed by atoms with Gasteiger partial charge in [0.25, 0.3) is 0 Å². The maximum Gasteiger partial charge on any atom is 0.186 e. The molecule has 0 spiro atoms. The van der Waals surface area contributed by atoms with Crippen molar-refractivity contribution in [2.24, 2.45) is 0 Å². The Balaban J connectivity index is 1.67. The van der Waals surface area contributed by atoms with Crippen LogP contribution in [0, 0.1) is 6.92 Å². The average Bonchev–Trinajstić information content (AvgIpc) is 3.16. The topological polar surface area (TPSA) is 47.8 Å². The van der Waals surface area contributed by atoms with E-state index in [1.165, 1.54) is 5.56 Å². The van der Waals surface area contributed by atoms with Crippen LogP contribution in [0.25, 0.3) is 17.3 Å². The summed E-state index contributed by atoms with van der Waals surface area (Å²) >= 11 is 0. The van der Waals surface area contributed by atoms with Crippen molar-refractivity contribution in [2.75, 3.05) is 0 Å². The van der Waals surface area contributed by atoms with Crippen LogP contribution >= 0.6 is 0 Å². The molecule has 2 heterocycles. The Labute approximate surface area is 170 Å². The molecule has 4 rings (SSSR count). The van der Waals surface area contributed by atoms with Crippen LogP contribution in [0.3, 0.4) is 0 Å². The molecule has 4 heteroatoms. The average molecular weight is 379 g/mol. The molecule has 0 unspecified atom stereocenters. The second-order valence-electron chi connectivity index (χ2n) is 6.87. The van der Waals surface area contributed by atoms with Gasteiger partial charge in [-0.2, -0.15) is 5.10 Å². The highest BCUT2D eigenvalue weighted by atomic mass is 16.1. The molecule has 0 fully saturated rings. The molecule has 0 bridgehead atoms. The van der Waals surface area contributed by atoms with Crippen LogP contribution in [0.15, 0.2) is 91.4 Å². The van der Waals surface area contributed by atoms with Gasteiger partial charge in [0, 0.05) is 35.3 Å². The third-order valence-electron chi connectivity index (χ3n) is 4.74. The molecular formula is C25H21N3O. The van der Waals surface area contributed by atoms with Crippen molar-refractivity contribution in [3.8, 4) is 11.3 Å². The standard InChI is InChI=1S/C25H21N3O/c1-19-8-5-6-12-23(19)24(29)14-13-22-18-28(17-20-9-3-2-4-10-20)27-25(22)21-11-7-15-26-16-21/h2-16,18H,17H2,1H3/b14-13+. The van der Waals surface area contributed by atoms with E-state index in [1.54, 1.807) is 18.5 Å². The lowest BCUT2D eigenvalue weighted by atomic mass is 10.0. The Morgan fingerprint density at radius 3 is 2.55 bits per heavy atom. The number of benzene rings is 2. The predicted octanol–water partition coefficient (Wildman–Crippen LogP) is 5.20. The quantitative estimate of drug-likeness (QED) is 0.342. The lowest BCUT2D eigenvalue weighted by Gasteiger charge is -2.01. The van der Waals surface area contributed by atoms with Crippen molar-refractivity contribution in [1.29, 1.82) is 0 Å². The Morgan fingerprint density at radius 1 is 1.00 bits per heavy atom. The van der Waals surface area contributed by atoms with Gasteiger partial charge in [0.05, 0.1) is 6.54 Å². The summed E-state index contributed by atoms with van der Waals surface area (Å²) in [6.07, 6.45) is 8.95. The van der Waals surface area contributed by atoms with E-state index in [9.17, 15) is 4.79 Å². The van der Waals surface area contributed by atoms with E-state index in [0.717, 1.165) is 22.4 Å². The van der Waals surface area contributed by atoms with Crippen LogP contribution in [0.1, 0.15) is 27.0 Å². The number of allylic oxidation sites excluding steroid dienone is 1. The zero-order chi connectivity index (χ0) is 20.1. The van der Waals surface area contributed by atoms with Crippen molar-refractivity contribution in [2.45, 2.75) is 13.5 Å². The molecule has 0 saturated heterocycles. The molecule has 29 heavy (non-hydrogen) atoms. The number of ketones is 1. The lowest BCUT2D eigenvalue weighted by Crippen LogP contribution is -2.00. The summed E-state index contributed by atoms with van der Waals surface area (Å²) in [5.74, 6) is -0.0175. The summed E-state index contributed by atoms with van der Waals surface area (Å²) in [6, 6.07) is 21.6. The van der Waals surface area contributed by atoms with E-state index in [0.29, 0.717) is 12.1 Å². The van der Waals surface area contributed by atoms with E-state index >= 15 is 0 Å². The first-order chi connectivity index (χ1) is 14.2. The molecule has 0 aliphatic rings. The van der Waals surface area contributed by atoms with E-state index in [4.69, 9.17) is 5.10 Å². The highest BCUT2D eigenvalue weighted by Crippen LogP contribution is 2.23. The highest BCUT2D eigenvalue weighted by Gasteiger charge is 2.11. The number of rotatable bonds is 6. The lowest BCUT2D eigenvalue weighted by molar-refractivity contribution is 0.104. The number of aromatic nitrogens is 3. The monoisotopic (exact) mass is 379 g/mol. The first-order valence-electron chi connectivity index (χ1n) is 9.50. The first-order valence-corrected chi connectivity index (χ1v) is 9.50.